The van der Waals surface area contributed by atoms with Gasteiger partial charge in [-0.15, -0.1) is 0 Å². The Morgan fingerprint density at radius 3 is 2.54 bits per heavy atom. The zero-order valence-corrected chi connectivity index (χ0v) is 22.6. The molecule has 0 amide bonds. The zero-order valence-electron chi connectivity index (χ0n) is 22.6. The number of aromatic nitrogens is 5. The van der Waals surface area contributed by atoms with Gasteiger partial charge in [0.2, 0.25) is 5.95 Å². The second-order valence-electron chi connectivity index (χ2n) is 10.4. The number of rotatable bonds is 4. The van der Waals surface area contributed by atoms with Crippen LogP contribution in [0.1, 0.15) is 41.3 Å². The second-order valence-corrected chi connectivity index (χ2v) is 10.4. The highest BCUT2D eigenvalue weighted by atomic mass is 16.1. The molecule has 0 radical (unpaired) electrons. The molecule has 4 aromatic rings. The number of nitriles is 1. The van der Waals surface area contributed by atoms with E-state index in [-0.39, 0.29) is 11.6 Å². The summed E-state index contributed by atoms with van der Waals surface area (Å²) in [6.45, 7) is 1.81. The van der Waals surface area contributed by atoms with Crippen LogP contribution in [-0.2, 0) is 14.1 Å². The highest BCUT2D eigenvalue weighted by molar-refractivity contribution is 5.77. The highest BCUT2D eigenvalue weighted by Crippen LogP contribution is 2.36. The minimum absolute atomic E-state index is 0.102. The standard InChI is InChI=1S/C30H30N8O/c1-34(2)23-13-16-37(17-14-23)29-33-27(22-7-5-20(19-31)6-8-22)26(28-32-15-18-38(28)29)21-9-11-24-25(12-10-21)36(4)30(39)35(24)3/h5-9,11,15,18,21,23H,13-14,16-17H2,1-4H3. The fraction of sp³-hybridized carbons (Fsp3) is 0.333. The van der Waals surface area contributed by atoms with Gasteiger partial charge in [-0.1, -0.05) is 24.1 Å². The lowest BCUT2D eigenvalue weighted by atomic mass is 9.94. The number of imidazole rings is 2. The molecule has 1 fully saturated rings. The Bertz CT molecular complexity index is 1760. The van der Waals surface area contributed by atoms with E-state index in [0.717, 1.165) is 60.0 Å². The van der Waals surface area contributed by atoms with Gasteiger partial charge in [0.1, 0.15) is 11.3 Å². The first kappa shape index (κ1) is 24.7. The smallest absolute Gasteiger partial charge is 0.329 e. The van der Waals surface area contributed by atoms with Crippen molar-refractivity contribution in [3.8, 4) is 29.2 Å². The van der Waals surface area contributed by atoms with Crippen molar-refractivity contribution < 1.29 is 0 Å². The summed E-state index contributed by atoms with van der Waals surface area (Å²) in [6.07, 6.45) is 9.88. The van der Waals surface area contributed by atoms with E-state index in [1.807, 2.05) is 48.8 Å². The van der Waals surface area contributed by atoms with E-state index in [0.29, 0.717) is 17.3 Å². The maximum atomic E-state index is 12.5. The summed E-state index contributed by atoms with van der Waals surface area (Å²) in [5.41, 5.74) is 5.37. The predicted molar refractivity (Wildman–Crippen MR) is 151 cm³/mol. The van der Waals surface area contributed by atoms with Gasteiger partial charge in [-0.25, -0.2) is 14.8 Å². The molecule has 3 aromatic heterocycles. The first-order valence-electron chi connectivity index (χ1n) is 13.1. The molecule has 39 heavy (non-hydrogen) atoms. The van der Waals surface area contributed by atoms with Crippen LogP contribution in [-0.4, -0.2) is 61.6 Å². The predicted octanol–water partition coefficient (Wildman–Crippen LogP) is 3.00. The fourth-order valence-corrected chi connectivity index (χ4v) is 5.64. The van der Waals surface area contributed by atoms with E-state index in [1.165, 1.54) is 0 Å². The van der Waals surface area contributed by atoms with Gasteiger partial charge in [0.15, 0.2) is 0 Å². The molecule has 9 heteroatoms. The quantitative estimate of drug-likeness (QED) is 0.386. The van der Waals surface area contributed by atoms with Crippen molar-refractivity contribution in [2.24, 2.45) is 14.1 Å². The normalized spacial score (nSPS) is 17.1. The summed E-state index contributed by atoms with van der Waals surface area (Å²) < 4.78 is 5.27. The van der Waals surface area contributed by atoms with E-state index < -0.39 is 0 Å². The summed E-state index contributed by atoms with van der Waals surface area (Å²) in [7, 11) is 7.79. The van der Waals surface area contributed by atoms with Crippen molar-refractivity contribution in [2.45, 2.75) is 24.8 Å². The minimum Gasteiger partial charge on any atom is -0.342 e. The van der Waals surface area contributed by atoms with Crippen LogP contribution in [0.5, 0.6) is 0 Å². The number of fused-ring (bicyclic) bond motifs is 2. The van der Waals surface area contributed by atoms with Crippen LogP contribution in [0.2, 0.25) is 0 Å². The van der Waals surface area contributed by atoms with E-state index in [1.54, 1.807) is 23.2 Å². The van der Waals surface area contributed by atoms with Crippen molar-refractivity contribution in [3.63, 3.8) is 0 Å². The first-order chi connectivity index (χ1) is 18.9. The van der Waals surface area contributed by atoms with Gasteiger partial charge in [0, 0.05) is 56.7 Å². The average molecular weight is 519 g/mol. The number of allylic oxidation sites excluding steroid dienone is 1. The van der Waals surface area contributed by atoms with Crippen molar-refractivity contribution >= 4 is 17.7 Å². The van der Waals surface area contributed by atoms with Crippen molar-refractivity contribution in [3.05, 3.63) is 75.7 Å². The Labute approximate surface area is 227 Å². The largest absolute Gasteiger partial charge is 0.342 e. The van der Waals surface area contributed by atoms with Gasteiger partial charge in [-0.3, -0.25) is 13.5 Å². The van der Waals surface area contributed by atoms with Crippen LogP contribution in [0, 0.1) is 23.2 Å². The van der Waals surface area contributed by atoms with Crippen molar-refractivity contribution in [1.29, 1.82) is 5.26 Å². The molecule has 2 aliphatic rings. The maximum Gasteiger partial charge on any atom is 0.329 e. The number of piperidine rings is 1. The van der Waals surface area contributed by atoms with Crippen LogP contribution < -0.4 is 10.6 Å². The topological polar surface area (TPSA) is 87.4 Å². The van der Waals surface area contributed by atoms with Gasteiger partial charge in [-0.05, 0) is 51.1 Å². The van der Waals surface area contributed by atoms with E-state index in [2.05, 4.69) is 46.2 Å². The van der Waals surface area contributed by atoms with Gasteiger partial charge < -0.3 is 9.80 Å². The lowest BCUT2D eigenvalue weighted by Gasteiger charge is -2.36. The van der Waals surface area contributed by atoms with Crippen LogP contribution in [0.4, 0.5) is 5.95 Å². The summed E-state index contributed by atoms with van der Waals surface area (Å²) in [5, 5.41) is 9.36. The molecule has 6 rings (SSSR count). The highest BCUT2D eigenvalue weighted by Gasteiger charge is 2.28. The molecule has 1 saturated heterocycles. The zero-order chi connectivity index (χ0) is 27.3. The van der Waals surface area contributed by atoms with E-state index in [4.69, 9.17) is 9.97 Å². The maximum absolute atomic E-state index is 12.5. The molecule has 1 aromatic carbocycles. The van der Waals surface area contributed by atoms with Gasteiger partial charge in [0.05, 0.1) is 28.9 Å². The Morgan fingerprint density at radius 2 is 1.85 bits per heavy atom. The van der Waals surface area contributed by atoms with Gasteiger partial charge in [-0.2, -0.15) is 5.26 Å². The summed E-state index contributed by atoms with van der Waals surface area (Å²) in [6, 6.07) is 10.3. The molecular weight excluding hydrogens is 488 g/mol. The number of nitrogens with zero attached hydrogens (tertiary/aromatic N) is 8. The first-order valence-corrected chi connectivity index (χ1v) is 13.1. The lowest BCUT2D eigenvalue weighted by molar-refractivity contribution is 0.249. The number of hydrogen-bond donors (Lipinski definition) is 0. The molecule has 0 bridgehead atoms. The third-order valence-corrected chi connectivity index (χ3v) is 7.95. The monoisotopic (exact) mass is 518 g/mol. The third-order valence-electron chi connectivity index (χ3n) is 7.95. The van der Waals surface area contributed by atoms with E-state index in [9.17, 15) is 10.1 Å². The van der Waals surface area contributed by atoms with E-state index >= 15 is 0 Å². The number of hydrogen-bond acceptors (Lipinski definition) is 6. The molecule has 1 aliphatic carbocycles. The van der Waals surface area contributed by atoms with Crippen LogP contribution >= 0.6 is 0 Å². The Morgan fingerprint density at radius 1 is 1.10 bits per heavy atom. The molecule has 0 saturated carbocycles. The lowest BCUT2D eigenvalue weighted by Crippen LogP contribution is -2.43. The average Bonchev–Trinajstić information content (AvgIpc) is 3.43. The Hall–Kier alpha value is -4.60. The third kappa shape index (κ3) is 4.12. The number of benzene rings is 1. The SMILES string of the molecule is CN(C)C1CCN(c2nc(-c3ccc(C#N)cc3)c(C3C#Cc4c(n(C)c(=O)n4C)C=C3)c3nccn23)CC1. The molecule has 1 aliphatic heterocycles. The Kier molecular flexibility index (Phi) is 6.09. The van der Waals surface area contributed by atoms with Gasteiger partial charge >= 0.3 is 5.69 Å². The molecule has 1 atom stereocenters. The van der Waals surface area contributed by atoms with Crippen molar-refractivity contribution in [2.75, 3.05) is 32.1 Å². The molecule has 0 N–H and O–H groups in total. The summed E-state index contributed by atoms with van der Waals surface area (Å²) >= 11 is 0. The molecule has 1 unspecified atom stereocenters. The van der Waals surface area contributed by atoms with Crippen LogP contribution in [0.15, 0.2) is 47.5 Å². The molecule has 9 nitrogen and oxygen atoms in total. The van der Waals surface area contributed by atoms with Crippen LogP contribution in [0.3, 0.4) is 0 Å². The minimum atomic E-state index is -0.302. The second kappa shape index (κ2) is 9.61. The van der Waals surface area contributed by atoms with Crippen molar-refractivity contribution in [1.82, 2.24) is 28.4 Å². The number of anilines is 1. The fourth-order valence-electron chi connectivity index (χ4n) is 5.64. The molecule has 196 valence electrons. The summed E-state index contributed by atoms with van der Waals surface area (Å²) in [4.78, 5) is 27.2. The summed E-state index contributed by atoms with van der Waals surface area (Å²) in [5.74, 6) is 7.21. The molecule has 0 spiro atoms. The van der Waals surface area contributed by atoms with Gasteiger partial charge in [0.25, 0.3) is 0 Å². The molecular formula is C30H30N8O. The Balaban J connectivity index is 1.52. The van der Waals surface area contributed by atoms with Crippen LogP contribution in [0.25, 0.3) is 23.0 Å². The molecule has 4 heterocycles.